The van der Waals surface area contributed by atoms with Crippen molar-refractivity contribution in [1.29, 1.82) is 0 Å². The number of hydrogen-bond acceptors (Lipinski definition) is 5. The lowest BCUT2D eigenvalue weighted by atomic mass is 9.96. The van der Waals surface area contributed by atoms with Crippen molar-refractivity contribution >= 4 is 0 Å². The Bertz CT molecular complexity index is 384. The second-order valence-electron chi connectivity index (χ2n) is 5.37. The molecule has 1 aromatic rings. The van der Waals surface area contributed by atoms with Gasteiger partial charge in [0.1, 0.15) is 6.10 Å². The van der Waals surface area contributed by atoms with Crippen LogP contribution in [0.15, 0.2) is 30.3 Å². The van der Waals surface area contributed by atoms with Gasteiger partial charge < -0.3 is 24.4 Å². The van der Waals surface area contributed by atoms with E-state index in [1.165, 1.54) is 0 Å². The quantitative estimate of drug-likeness (QED) is 0.576. The zero-order valence-corrected chi connectivity index (χ0v) is 13.5. The zero-order valence-electron chi connectivity index (χ0n) is 13.5. The van der Waals surface area contributed by atoms with Gasteiger partial charge >= 0.3 is 0 Å². The number of ether oxygens (including phenoxy) is 3. The highest BCUT2D eigenvalue weighted by atomic mass is 16.6. The van der Waals surface area contributed by atoms with Crippen LogP contribution in [0.1, 0.15) is 25.8 Å². The lowest BCUT2D eigenvalue weighted by molar-refractivity contribution is -0.146. The van der Waals surface area contributed by atoms with Gasteiger partial charge in [0.05, 0.1) is 45.2 Å². The third kappa shape index (κ3) is 6.85. The molecule has 2 N–H and O–H groups in total. The van der Waals surface area contributed by atoms with Gasteiger partial charge in [0.2, 0.25) is 0 Å². The smallest absolute Gasteiger partial charge is 0.106 e. The summed E-state index contributed by atoms with van der Waals surface area (Å²) in [6, 6.07) is 9.85. The molecule has 0 fully saturated rings. The molecule has 0 aliphatic carbocycles. The monoisotopic (exact) mass is 312 g/mol. The Labute approximate surface area is 132 Å². The fourth-order valence-electron chi connectivity index (χ4n) is 1.97. The number of aliphatic hydroxyl groups is 2. The van der Waals surface area contributed by atoms with E-state index in [-0.39, 0.29) is 13.2 Å². The summed E-state index contributed by atoms with van der Waals surface area (Å²) in [5.74, 6) is 0. The van der Waals surface area contributed by atoms with E-state index in [1.807, 2.05) is 44.2 Å². The van der Waals surface area contributed by atoms with Gasteiger partial charge in [0.15, 0.2) is 0 Å². The molecule has 1 rings (SSSR count). The van der Waals surface area contributed by atoms with Gasteiger partial charge in [0.25, 0.3) is 0 Å². The Morgan fingerprint density at radius 1 is 1.09 bits per heavy atom. The van der Waals surface area contributed by atoms with Gasteiger partial charge in [-0.15, -0.1) is 0 Å². The molecule has 0 bridgehead atoms. The van der Waals surface area contributed by atoms with Crippen LogP contribution in [0.4, 0.5) is 0 Å². The van der Waals surface area contributed by atoms with Crippen molar-refractivity contribution in [3.63, 3.8) is 0 Å². The van der Waals surface area contributed by atoms with Crippen LogP contribution >= 0.6 is 0 Å². The first-order valence-corrected chi connectivity index (χ1v) is 7.74. The van der Waals surface area contributed by atoms with Gasteiger partial charge in [-0.25, -0.2) is 0 Å². The molecule has 0 aliphatic heterocycles. The molecule has 126 valence electrons. The van der Waals surface area contributed by atoms with E-state index in [9.17, 15) is 5.11 Å². The summed E-state index contributed by atoms with van der Waals surface area (Å²) in [5, 5.41) is 18.9. The largest absolute Gasteiger partial charge is 0.394 e. The van der Waals surface area contributed by atoms with Gasteiger partial charge in [-0.3, -0.25) is 0 Å². The molecule has 0 aliphatic rings. The highest BCUT2D eigenvalue weighted by Gasteiger charge is 2.32. The Morgan fingerprint density at radius 3 is 2.45 bits per heavy atom. The maximum Gasteiger partial charge on any atom is 0.106 e. The highest BCUT2D eigenvalue weighted by molar-refractivity contribution is 5.13. The Morgan fingerprint density at radius 2 is 1.82 bits per heavy atom. The van der Waals surface area contributed by atoms with Gasteiger partial charge in [-0.1, -0.05) is 37.3 Å². The van der Waals surface area contributed by atoms with Gasteiger partial charge in [-0.2, -0.15) is 0 Å². The first-order valence-electron chi connectivity index (χ1n) is 7.74. The van der Waals surface area contributed by atoms with E-state index in [0.29, 0.717) is 32.8 Å². The Balaban J connectivity index is 2.30. The minimum atomic E-state index is -0.709. The minimum absolute atomic E-state index is 0.000989. The van der Waals surface area contributed by atoms with Crippen LogP contribution in [0.2, 0.25) is 0 Å². The number of hydrogen-bond donors (Lipinski definition) is 2. The molecule has 22 heavy (non-hydrogen) atoms. The molecule has 2 atom stereocenters. The summed E-state index contributed by atoms with van der Waals surface area (Å²) < 4.78 is 16.5. The normalized spacial score (nSPS) is 15.5. The van der Waals surface area contributed by atoms with Crippen molar-refractivity contribution in [2.24, 2.45) is 0 Å². The van der Waals surface area contributed by atoms with Crippen molar-refractivity contribution in [3.05, 3.63) is 35.9 Å². The maximum atomic E-state index is 10.3. The van der Waals surface area contributed by atoms with Gasteiger partial charge in [0, 0.05) is 0 Å². The number of aliphatic hydroxyl groups excluding tert-OH is 2. The molecule has 0 spiro atoms. The van der Waals surface area contributed by atoms with Crippen LogP contribution in [-0.2, 0) is 20.8 Å². The van der Waals surface area contributed by atoms with Crippen molar-refractivity contribution in [3.8, 4) is 0 Å². The molecule has 0 saturated heterocycles. The molecular weight excluding hydrogens is 284 g/mol. The molecule has 2 unspecified atom stereocenters. The molecule has 0 aromatic heterocycles. The summed E-state index contributed by atoms with van der Waals surface area (Å²) in [6.45, 7) is 5.60. The molecule has 0 saturated carbocycles. The molecule has 0 radical (unpaired) electrons. The van der Waals surface area contributed by atoms with E-state index in [1.54, 1.807) is 0 Å². The fourth-order valence-corrected chi connectivity index (χ4v) is 1.97. The predicted octanol–water partition coefficient (Wildman–Crippen LogP) is 1.76. The van der Waals surface area contributed by atoms with Crippen molar-refractivity contribution in [2.45, 2.75) is 38.6 Å². The first kappa shape index (κ1) is 19.1. The maximum absolute atomic E-state index is 10.3. The second kappa shape index (κ2) is 10.7. The van der Waals surface area contributed by atoms with Crippen LogP contribution in [0, 0.1) is 0 Å². The molecular formula is C17H28O5. The van der Waals surface area contributed by atoms with Gasteiger partial charge in [-0.05, 0) is 18.9 Å². The summed E-state index contributed by atoms with van der Waals surface area (Å²) in [7, 11) is 0. The van der Waals surface area contributed by atoms with E-state index in [0.717, 1.165) is 5.56 Å². The lowest BCUT2D eigenvalue weighted by Gasteiger charge is -2.33. The highest BCUT2D eigenvalue weighted by Crippen LogP contribution is 2.21. The molecule has 0 heterocycles. The molecule has 5 nitrogen and oxygen atoms in total. The van der Waals surface area contributed by atoms with Crippen LogP contribution in [0.5, 0.6) is 0 Å². The third-order valence-corrected chi connectivity index (χ3v) is 3.69. The third-order valence-electron chi connectivity index (χ3n) is 3.69. The number of benzene rings is 1. The molecule has 0 amide bonds. The van der Waals surface area contributed by atoms with Crippen molar-refractivity contribution in [2.75, 3.05) is 33.0 Å². The minimum Gasteiger partial charge on any atom is -0.394 e. The van der Waals surface area contributed by atoms with Crippen LogP contribution < -0.4 is 0 Å². The number of rotatable bonds is 12. The summed E-state index contributed by atoms with van der Waals surface area (Å²) in [5.41, 5.74) is 0.408. The van der Waals surface area contributed by atoms with E-state index >= 15 is 0 Å². The fraction of sp³-hybridized carbons (Fsp3) is 0.647. The molecule has 5 heteroatoms. The topological polar surface area (TPSA) is 68.2 Å². The standard InChI is InChI=1S/C17H28O5/c1-3-17(2,22-12-11-20-10-9-18)16(19)14-21-13-15-7-5-4-6-8-15/h4-8,16,18-19H,3,9-14H2,1-2H3. The Hall–Kier alpha value is -0.980. The second-order valence-corrected chi connectivity index (χ2v) is 5.37. The summed E-state index contributed by atoms with van der Waals surface area (Å²) in [6.07, 6.45) is -0.0397. The SMILES string of the molecule is CCC(C)(OCCOCCO)C(O)COCc1ccccc1. The van der Waals surface area contributed by atoms with Crippen LogP contribution in [0.25, 0.3) is 0 Å². The Kier molecular flexibility index (Phi) is 9.27. The van der Waals surface area contributed by atoms with E-state index in [2.05, 4.69) is 0 Å². The summed E-state index contributed by atoms with van der Waals surface area (Å²) >= 11 is 0. The van der Waals surface area contributed by atoms with Crippen LogP contribution in [0.3, 0.4) is 0 Å². The van der Waals surface area contributed by atoms with E-state index in [4.69, 9.17) is 19.3 Å². The van der Waals surface area contributed by atoms with Crippen molar-refractivity contribution in [1.82, 2.24) is 0 Å². The zero-order chi connectivity index (χ0) is 16.3. The lowest BCUT2D eigenvalue weighted by Crippen LogP contribution is -2.45. The summed E-state index contributed by atoms with van der Waals surface area (Å²) in [4.78, 5) is 0. The van der Waals surface area contributed by atoms with Crippen molar-refractivity contribution < 1.29 is 24.4 Å². The average molecular weight is 312 g/mol. The van der Waals surface area contributed by atoms with Crippen LogP contribution in [-0.4, -0.2) is 55.0 Å². The molecule has 1 aromatic carbocycles. The van der Waals surface area contributed by atoms with E-state index < -0.39 is 11.7 Å². The first-order chi connectivity index (χ1) is 10.6. The average Bonchev–Trinajstić information content (AvgIpc) is 2.55. The predicted molar refractivity (Wildman–Crippen MR) is 84.7 cm³/mol.